The zero-order valence-electron chi connectivity index (χ0n) is 16.7. The third kappa shape index (κ3) is 5.83. The number of aliphatic hydroxyl groups is 1. The molecule has 1 amide bonds. The van der Waals surface area contributed by atoms with Crippen LogP contribution in [0.1, 0.15) is 44.4 Å². The number of sulfonamides is 1. The van der Waals surface area contributed by atoms with Gasteiger partial charge in [-0.15, -0.1) is 0 Å². The average molecular weight is 422 g/mol. The number of carbonyl (C=O) groups excluding carboxylic acids is 1. The van der Waals surface area contributed by atoms with Gasteiger partial charge in [0.25, 0.3) is 5.91 Å². The maximum atomic E-state index is 13.4. The summed E-state index contributed by atoms with van der Waals surface area (Å²) in [6.45, 7) is 5.23. The first-order valence-electron chi connectivity index (χ1n) is 9.29. The first-order chi connectivity index (χ1) is 13.7. The smallest absolute Gasteiger partial charge is 0.261 e. The number of hydroxylamine groups is 1. The van der Waals surface area contributed by atoms with E-state index in [0.717, 1.165) is 4.31 Å². The number of nitrogens with zero attached hydrogens (tertiary/aromatic N) is 2. The Morgan fingerprint density at radius 1 is 1.17 bits per heavy atom. The third-order valence-corrected chi connectivity index (χ3v) is 6.35. The van der Waals surface area contributed by atoms with E-state index in [2.05, 4.69) is 4.98 Å². The van der Waals surface area contributed by atoms with Crippen LogP contribution in [0.25, 0.3) is 0 Å². The minimum absolute atomic E-state index is 0.00140. The molecular weight excluding hydrogens is 394 g/mol. The molecule has 29 heavy (non-hydrogen) atoms. The van der Waals surface area contributed by atoms with Crippen LogP contribution >= 0.6 is 0 Å². The minimum atomic E-state index is -4.09. The van der Waals surface area contributed by atoms with Gasteiger partial charge in [-0.1, -0.05) is 32.0 Å². The highest BCUT2D eigenvalue weighted by Crippen LogP contribution is 2.25. The van der Waals surface area contributed by atoms with Crippen molar-refractivity contribution in [2.45, 2.75) is 50.8 Å². The highest BCUT2D eigenvalue weighted by molar-refractivity contribution is 7.89. The van der Waals surface area contributed by atoms with E-state index in [1.54, 1.807) is 30.7 Å². The van der Waals surface area contributed by atoms with Crippen LogP contribution in [0.15, 0.2) is 53.7 Å². The average Bonchev–Trinajstić information content (AvgIpc) is 2.70. The summed E-state index contributed by atoms with van der Waals surface area (Å²) in [5, 5.41) is 18.9. The fourth-order valence-electron chi connectivity index (χ4n) is 2.96. The predicted molar refractivity (Wildman–Crippen MR) is 107 cm³/mol. The SMILES string of the molecule is CC(C)C[C@H](C(=O)NO)N(Cc1cccnc1)S(=O)(=O)c1ccc(C(C)O)cc1. The molecule has 9 heteroatoms. The van der Waals surface area contributed by atoms with Crippen LogP contribution in [0, 0.1) is 5.92 Å². The van der Waals surface area contributed by atoms with Crippen LogP contribution < -0.4 is 5.48 Å². The van der Waals surface area contributed by atoms with Gasteiger partial charge in [-0.25, -0.2) is 13.9 Å². The molecule has 0 spiro atoms. The van der Waals surface area contributed by atoms with Crippen LogP contribution in [-0.4, -0.2) is 40.0 Å². The Kier molecular flexibility index (Phi) is 7.86. The van der Waals surface area contributed by atoms with Crippen molar-refractivity contribution in [1.29, 1.82) is 0 Å². The third-order valence-electron chi connectivity index (χ3n) is 4.49. The van der Waals surface area contributed by atoms with Crippen LogP contribution in [-0.2, 0) is 21.4 Å². The Hall–Kier alpha value is -2.33. The van der Waals surface area contributed by atoms with Gasteiger partial charge in [0.05, 0.1) is 11.0 Å². The van der Waals surface area contributed by atoms with Gasteiger partial charge in [-0.3, -0.25) is 15.0 Å². The number of pyridine rings is 1. The van der Waals surface area contributed by atoms with Gasteiger partial charge in [0.2, 0.25) is 10.0 Å². The lowest BCUT2D eigenvalue weighted by atomic mass is 10.0. The molecule has 8 nitrogen and oxygen atoms in total. The molecule has 2 rings (SSSR count). The monoisotopic (exact) mass is 421 g/mol. The van der Waals surface area contributed by atoms with Crippen molar-refractivity contribution < 1.29 is 23.5 Å². The van der Waals surface area contributed by atoms with Gasteiger partial charge in [0.1, 0.15) is 6.04 Å². The number of nitrogens with one attached hydrogen (secondary N) is 1. The predicted octanol–water partition coefficient (Wildman–Crippen LogP) is 2.25. The van der Waals surface area contributed by atoms with Crippen molar-refractivity contribution in [2.75, 3.05) is 0 Å². The fourth-order valence-corrected chi connectivity index (χ4v) is 4.55. The van der Waals surface area contributed by atoms with E-state index in [-0.39, 0.29) is 23.8 Å². The van der Waals surface area contributed by atoms with Gasteiger partial charge in [-0.2, -0.15) is 4.31 Å². The number of hydrogen-bond donors (Lipinski definition) is 3. The van der Waals surface area contributed by atoms with E-state index >= 15 is 0 Å². The molecule has 0 aliphatic rings. The number of hydrogen-bond acceptors (Lipinski definition) is 6. The summed E-state index contributed by atoms with van der Waals surface area (Å²) in [5.74, 6) is -0.798. The lowest BCUT2D eigenvalue weighted by Crippen LogP contribution is -2.49. The summed E-state index contributed by atoms with van der Waals surface area (Å²) in [4.78, 5) is 16.4. The number of rotatable bonds is 9. The number of benzene rings is 1. The van der Waals surface area contributed by atoms with Crippen LogP contribution in [0.4, 0.5) is 0 Å². The fraction of sp³-hybridized carbons (Fsp3) is 0.400. The first kappa shape index (κ1) is 23.0. The standard InChI is InChI=1S/C20H27N3O5S/c1-14(2)11-19(20(25)22-26)23(13-16-5-4-10-21-12-16)29(27,28)18-8-6-17(7-9-18)15(3)24/h4-10,12,14-15,19,24,26H,11,13H2,1-3H3,(H,22,25)/t15?,19-/m1/s1. The highest BCUT2D eigenvalue weighted by atomic mass is 32.2. The molecule has 0 saturated carbocycles. The van der Waals surface area contributed by atoms with Crippen molar-refractivity contribution in [3.05, 3.63) is 59.9 Å². The van der Waals surface area contributed by atoms with Crippen molar-refractivity contribution in [2.24, 2.45) is 5.92 Å². The number of amides is 1. The summed E-state index contributed by atoms with van der Waals surface area (Å²) in [5.41, 5.74) is 2.78. The first-order valence-corrected chi connectivity index (χ1v) is 10.7. The summed E-state index contributed by atoms with van der Waals surface area (Å²) >= 11 is 0. The number of carbonyl (C=O) groups is 1. The molecule has 1 heterocycles. The van der Waals surface area contributed by atoms with Gasteiger partial charge >= 0.3 is 0 Å². The maximum Gasteiger partial charge on any atom is 0.261 e. The molecule has 0 aliphatic carbocycles. The van der Waals surface area contributed by atoms with E-state index in [0.29, 0.717) is 11.1 Å². The Morgan fingerprint density at radius 3 is 2.31 bits per heavy atom. The Labute approximate surface area is 171 Å². The Balaban J connectivity index is 2.52. The minimum Gasteiger partial charge on any atom is -0.389 e. The second-order valence-electron chi connectivity index (χ2n) is 7.28. The normalized spacial score (nSPS) is 14.0. The molecule has 1 aromatic heterocycles. The molecule has 0 saturated heterocycles. The van der Waals surface area contributed by atoms with E-state index in [1.807, 2.05) is 13.8 Å². The van der Waals surface area contributed by atoms with Crippen molar-refractivity contribution in [3.63, 3.8) is 0 Å². The van der Waals surface area contributed by atoms with Gasteiger partial charge < -0.3 is 5.11 Å². The van der Waals surface area contributed by atoms with Gasteiger partial charge in [0, 0.05) is 18.9 Å². The molecule has 2 aromatic rings. The van der Waals surface area contributed by atoms with Gasteiger partial charge in [-0.05, 0) is 48.6 Å². The summed E-state index contributed by atoms with van der Waals surface area (Å²) in [6, 6.07) is 8.15. The molecule has 1 aromatic carbocycles. The molecule has 0 radical (unpaired) electrons. The molecule has 2 atom stereocenters. The van der Waals surface area contributed by atoms with Crippen molar-refractivity contribution in [1.82, 2.24) is 14.8 Å². The second-order valence-corrected chi connectivity index (χ2v) is 9.17. The maximum absolute atomic E-state index is 13.4. The molecule has 0 aliphatic heterocycles. The topological polar surface area (TPSA) is 120 Å². The summed E-state index contributed by atoms with van der Waals surface area (Å²) in [6.07, 6.45) is 2.59. The van der Waals surface area contributed by atoms with Crippen molar-refractivity contribution >= 4 is 15.9 Å². The van der Waals surface area contributed by atoms with E-state index in [4.69, 9.17) is 0 Å². The zero-order valence-corrected chi connectivity index (χ0v) is 17.5. The van der Waals surface area contributed by atoms with E-state index in [9.17, 15) is 23.5 Å². The Morgan fingerprint density at radius 2 is 1.83 bits per heavy atom. The highest BCUT2D eigenvalue weighted by Gasteiger charge is 2.36. The van der Waals surface area contributed by atoms with Crippen LogP contribution in [0.5, 0.6) is 0 Å². The van der Waals surface area contributed by atoms with E-state index < -0.39 is 28.1 Å². The quantitative estimate of drug-likeness (QED) is 0.422. The van der Waals surface area contributed by atoms with Gasteiger partial charge in [0.15, 0.2) is 0 Å². The lowest BCUT2D eigenvalue weighted by Gasteiger charge is -2.30. The number of aliphatic hydroxyl groups excluding tert-OH is 1. The molecule has 0 fully saturated rings. The second kappa shape index (κ2) is 9.93. The summed E-state index contributed by atoms with van der Waals surface area (Å²) < 4.78 is 28.0. The molecule has 158 valence electrons. The molecule has 0 bridgehead atoms. The molecular formula is C20H27N3O5S. The Bertz CT molecular complexity index is 899. The van der Waals surface area contributed by atoms with Crippen LogP contribution in [0.3, 0.4) is 0 Å². The lowest BCUT2D eigenvalue weighted by molar-refractivity contribution is -0.133. The molecule has 1 unspecified atom stereocenters. The zero-order chi connectivity index (χ0) is 21.6. The van der Waals surface area contributed by atoms with Crippen molar-refractivity contribution in [3.8, 4) is 0 Å². The largest absolute Gasteiger partial charge is 0.389 e. The number of aromatic nitrogens is 1. The van der Waals surface area contributed by atoms with E-state index in [1.165, 1.54) is 30.5 Å². The van der Waals surface area contributed by atoms with Crippen LogP contribution in [0.2, 0.25) is 0 Å². The summed E-state index contributed by atoms with van der Waals surface area (Å²) in [7, 11) is -4.09. The molecule has 3 N–H and O–H groups in total.